The number of carboxylic acids is 4. The molecule has 0 aromatic heterocycles. The maximum atomic E-state index is 10.5. The van der Waals surface area contributed by atoms with Gasteiger partial charge in [0.1, 0.15) is 0 Å². The predicted molar refractivity (Wildman–Crippen MR) is 45.8 cm³/mol. The van der Waals surface area contributed by atoms with Gasteiger partial charge in [0.25, 0.3) is 0 Å². The molecule has 0 aliphatic rings. The van der Waals surface area contributed by atoms with Gasteiger partial charge in [0, 0.05) is 0 Å². The summed E-state index contributed by atoms with van der Waals surface area (Å²) in [7, 11) is 0. The zero-order valence-electron chi connectivity index (χ0n) is 6.95. The lowest BCUT2D eigenvalue weighted by atomic mass is 9.91. The molecule has 0 rings (SSSR count). The van der Waals surface area contributed by atoms with Crippen LogP contribution in [0.25, 0.3) is 0 Å². The number of thiol groups is 1. The molecule has 0 saturated heterocycles. The molecule has 9 heteroatoms. The smallest absolute Gasteiger partial charge is 0.332 e. The topological polar surface area (TPSA) is 149 Å². The first-order valence-electron chi connectivity index (χ1n) is 3.30. The third-order valence-electron chi connectivity index (χ3n) is 1.56. The molecule has 0 aliphatic carbocycles. The van der Waals surface area contributed by atoms with Gasteiger partial charge in [0.15, 0.2) is 5.92 Å². The summed E-state index contributed by atoms with van der Waals surface area (Å²) in [4.78, 5) is 41.9. The highest BCUT2D eigenvalue weighted by Crippen LogP contribution is 2.27. The van der Waals surface area contributed by atoms with Crippen molar-refractivity contribution in [2.45, 2.75) is 4.75 Å². The third kappa shape index (κ3) is 2.18. The molecule has 15 heavy (non-hydrogen) atoms. The second kappa shape index (κ2) is 4.17. The number of carbonyl (C=O) groups is 4. The van der Waals surface area contributed by atoms with Gasteiger partial charge in [-0.05, 0) is 0 Å². The zero-order chi connectivity index (χ0) is 12.4. The van der Waals surface area contributed by atoms with Crippen LogP contribution in [0, 0.1) is 5.92 Å². The lowest BCUT2D eigenvalue weighted by molar-refractivity contribution is -0.168. The number of carboxylic acid groups (broad SMARTS) is 4. The monoisotopic (exact) mass is 238 g/mol. The zero-order valence-corrected chi connectivity index (χ0v) is 7.84. The minimum absolute atomic E-state index is 2.10. The second-order valence-corrected chi connectivity index (χ2v) is 3.19. The average molecular weight is 238 g/mol. The van der Waals surface area contributed by atoms with Crippen molar-refractivity contribution in [3.63, 3.8) is 0 Å². The molecule has 0 unspecified atom stereocenters. The molecule has 0 aromatic carbocycles. The Morgan fingerprint density at radius 3 is 1.20 bits per heavy atom. The van der Waals surface area contributed by atoms with Crippen molar-refractivity contribution in [3.8, 4) is 0 Å². The highest BCUT2D eigenvalue weighted by Gasteiger charge is 2.57. The van der Waals surface area contributed by atoms with Crippen LogP contribution in [0.3, 0.4) is 0 Å². The Balaban J connectivity index is 5.59. The quantitative estimate of drug-likeness (QED) is 0.290. The van der Waals surface area contributed by atoms with Crippen molar-refractivity contribution < 1.29 is 39.6 Å². The Morgan fingerprint density at radius 1 is 0.867 bits per heavy atom. The minimum Gasteiger partial charge on any atom is -0.481 e. The van der Waals surface area contributed by atoms with E-state index in [0.717, 1.165) is 0 Å². The largest absolute Gasteiger partial charge is 0.481 e. The van der Waals surface area contributed by atoms with Gasteiger partial charge in [0.05, 0.1) is 0 Å². The third-order valence-corrected chi connectivity index (χ3v) is 2.20. The summed E-state index contributed by atoms with van der Waals surface area (Å²) in [6.07, 6.45) is 0. The van der Waals surface area contributed by atoms with Gasteiger partial charge in [0.2, 0.25) is 4.75 Å². The van der Waals surface area contributed by atoms with Gasteiger partial charge in [-0.2, -0.15) is 0 Å². The molecule has 4 N–H and O–H groups in total. The minimum atomic E-state index is -3.21. The number of aliphatic carboxylic acids is 4. The molecule has 8 nitrogen and oxygen atoms in total. The Morgan fingerprint density at radius 2 is 1.13 bits per heavy atom. The molecule has 0 aromatic rings. The predicted octanol–water partition coefficient (Wildman–Crippen LogP) is -1.39. The number of hydrogen-bond acceptors (Lipinski definition) is 5. The summed E-state index contributed by atoms with van der Waals surface area (Å²) in [5, 5.41) is 33.8. The van der Waals surface area contributed by atoms with Crippen LogP contribution < -0.4 is 0 Å². The van der Waals surface area contributed by atoms with Crippen LogP contribution in [0.1, 0.15) is 0 Å². The van der Waals surface area contributed by atoms with Crippen molar-refractivity contribution >= 4 is 36.5 Å². The Labute approximate surface area is 87.5 Å². The van der Waals surface area contributed by atoms with Crippen LogP contribution in [-0.2, 0) is 19.2 Å². The van der Waals surface area contributed by atoms with E-state index in [-0.39, 0.29) is 0 Å². The van der Waals surface area contributed by atoms with E-state index in [2.05, 4.69) is 12.6 Å². The van der Waals surface area contributed by atoms with Gasteiger partial charge in [-0.15, -0.1) is 12.6 Å². The molecule has 0 spiro atoms. The van der Waals surface area contributed by atoms with E-state index in [9.17, 15) is 19.2 Å². The van der Waals surface area contributed by atoms with Crippen molar-refractivity contribution in [1.82, 2.24) is 0 Å². The molecule has 0 saturated carbocycles. The summed E-state index contributed by atoms with van der Waals surface area (Å²) in [6.45, 7) is 0. The molecule has 84 valence electrons. The van der Waals surface area contributed by atoms with E-state index >= 15 is 0 Å². The van der Waals surface area contributed by atoms with Gasteiger partial charge < -0.3 is 20.4 Å². The summed E-state index contributed by atoms with van der Waals surface area (Å²) < 4.78 is -3.21. The van der Waals surface area contributed by atoms with Gasteiger partial charge in [-0.25, -0.2) is 0 Å². The highest BCUT2D eigenvalue weighted by molar-refractivity contribution is 7.83. The maximum Gasteiger partial charge on any atom is 0.332 e. The highest BCUT2D eigenvalue weighted by atomic mass is 32.1. The van der Waals surface area contributed by atoms with Crippen LogP contribution in [0.5, 0.6) is 0 Å². The molecule has 0 bridgehead atoms. The fraction of sp³-hybridized carbons (Fsp3) is 0.333. The van der Waals surface area contributed by atoms with Crippen LogP contribution >= 0.6 is 12.6 Å². The van der Waals surface area contributed by atoms with Gasteiger partial charge in [-0.1, -0.05) is 0 Å². The molecule has 0 radical (unpaired) electrons. The SMILES string of the molecule is O=C(O)C(C(=O)O)C(S)(C(=O)O)C(=O)O. The molecule has 0 heterocycles. The molecular formula is C6H6O8S. The van der Waals surface area contributed by atoms with Gasteiger partial charge >= 0.3 is 23.9 Å². The van der Waals surface area contributed by atoms with Crippen molar-refractivity contribution in [3.05, 3.63) is 0 Å². The summed E-state index contributed by atoms with van der Waals surface area (Å²) in [5.41, 5.74) is 0. The second-order valence-electron chi connectivity index (χ2n) is 2.49. The Kier molecular flexibility index (Phi) is 3.68. The van der Waals surface area contributed by atoms with Crippen LogP contribution in [0.4, 0.5) is 0 Å². The summed E-state index contributed by atoms with van der Waals surface area (Å²) in [6, 6.07) is 0. The molecule has 0 aliphatic heterocycles. The van der Waals surface area contributed by atoms with Crippen LogP contribution in [0.15, 0.2) is 0 Å². The van der Waals surface area contributed by atoms with E-state index < -0.39 is 34.5 Å². The fourth-order valence-electron chi connectivity index (χ4n) is 0.801. The van der Waals surface area contributed by atoms with E-state index in [4.69, 9.17) is 20.4 Å². The Bertz CT molecular complexity index is 306. The normalized spacial score (nSPS) is 11.1. The van der Waals surface area contributed by atoms with E-state index in [0.29, 0.717) is 0 Å². The molecule has 0 atom stereocenters. The van der Waals surface area contributed by atoms with Crippen LogP contribution in [-0.4, -0.2) is 49.1 Å². The van der Waals surface area contributed by atoms with Crippen molar-refractivity contribution in [2.75, 3.05) is 0 Å². The van der Waals surface area contributed by atoms with E-state index in [1.807, 2.05) is 0 Å². The first-order valence-corrected chi connectivity index (χ1v) is 3.75. The molecule has 0 fully saturated rings. The lowest BCUT2D eigenvalue weighted by Gasteiger charge is -2.22. The molecular weight excluding hydrogens is 232 g/mol. The van der Waals surface area contributed by atoms with E-state index in [1.54, 1.807) is 0 Å². The molecule has 0 amide bonds. The standard InChI is InChI=1S/C6H6O8S/c7-2(8)1(3(9)10)6(15,4(11)12)5(13)14/h1,15H,(H,7,8)(H,9,10)(H,11,12)(H,13,14). The first-order chi connectivity index (χ1) is 6.65. The Hall–Kier alpha value is -1.77. The van der Waals surface area contributed by atoms with Gasteiger partial charge in [-0.3, -0.25) is 19.2 Å². The maximum absolute atomic E-state index is 10.5. The summed E-state index contributed by atoms with van der Waals surface area (Å²) >= 11 is 3.12. The van der Waals surface area contributed by atoms with Crippen molar-refractivity contribution in [2.24, 2.45) is 5.92 Å². The number of hydrogen-bond donors (Lipinski definition) is 5. The van der Waals surface area contributed by atoms with Crippen LogP contribution in [0.2, 0.25) is 0 Å². The first kappa shape index (κ1) is 13.2. The van der Waals surface area contributed by atoms with Crippen molar-refractivity contribution in [1.29, 1.82) is 0 Å². The summed E-state index contributed by atoms with van der Waals surface area (Å²) in [5.74, 6) is -11.2. The number of rotatable bonds is 5. The fourth-order valence-corrected chi connectivity index (χ4v) is 1.02. The average Bonchev–Trinajstić information content (AvgIpc) is 2.01. The lowest BCUT2D eigenvalue weighted by Crippen LogP contribution is -2.54. The van der Waals surface area contributed by atoms with E-state index in [1.165, 1.54) is 0 Å².